The largest absolute Gasteiger partial charge is 0.444 e. The molecule has 0 saturated heterocycles. The van der Waals surface area contributed by atoms with E-state index in [2.05, 4.69) is 38.3 Å². The molecule has 0 unspecified atom stereocenters. The first-order valence-corrected chi connectivity index (χ1v) is 14.6. The lowest BCUT2D eigenvalue weighted by Crippen LogP contribution is -2.56. The minimum absolute atomic E-state index is 0.00541. The third kappa shape index (κ3) is 6.21. The maximum atomic E-state index is 13.3. The molecule has 3 amide bonds. The first-order chi connectivity index (χ1) is 19.9. The van der Waals surface area contributed by atoms with Crippen LogP contribution in [0.1, 0.15) is 77.7 Å². The van der Waals surface area contributed by atoms with Crippen LogP contribution in [0.4, 0.5) is 10.5 Å². The van der Waals surface area contributed by atoms with Crippen LogP contribution in [-0.2, 0) is 29.9 Å². The van der Waals surface area contributed by atoms with Gasteiger partial charge in [-0.15, -0.1) is 0 Å². The Morgan fingerprint density at radius 1 is 0.905 bits per heavy atom. The Morgan fingerprint density at radius 3 is 2.17 bits per heavy atom. The van der Waals surface area contributed by atoms with Crippen LogP contribution in [-0.4, -0.2) is 58.5 Å². The Morgan fingerprint density at radius 2 is 1.57 bits per heavy atom. The summed E-state index contributed by atoms with van der Waals surface area (Å²) >= 11 is 0. The second-order valence-electron chi connectivity index (χ2n) is 12.5. The monoisotopic (exact) mass is 571 g/mol. The molecule has 1 spiro atoms. The summed E-state index contributed by atoms with van der Waals surface area (Å²) in [6.45, 7) is 8.25. The molecule has 0 bridgehead atoms. The van der Waals surface area contributed by atoms with Gasteiger partial charge in [0.05, 0.1) is 5.54 Å². The average molecular weight is 572 g/mol. The topological polar surface area (TPSA) is 95.9 Å². The number of aromatic nitrogens is 1. The molecule has 9 heteroatoms. The number of anilines is 1. The Bertz CT molecular complexity index is 1450. The number of carbonyl (C=O) groups is 3. The van der Waals surface area contributed by atoms with Gasteiger partial charge in [-0.1, -0.05) is 24.3 Å². The SMILES string of the molecule is CN(C)C(=O)c1ccc(CN2CCn3c(C(=O)NCc4ccc(NC(=O)OC(C)(C)C)cc4)ccc3C23CCC3)cc1. The second-order valence-corrected chi connectivity index (χ2v) is 12.5. The zero-order valence-corrected chi connectivity index (χ0v) is 25.2. The van der Waals surface area contributed by atoms with E-state index in [9.17, 15) is 14.4 Å². The molecule has 1 aliphatic heterocycles. The van der Waals surface area contributed by atoms with Crippen LogP contribution >= 0.6 is 0 Å². The molecule has 42 heavy (non-hydrogen) atoms. The molecule has 1 saturated carbocycles. The van der Waals surface area contributed by atoms with Gasteiger partial charge < -0.3 is 19.5 Å². The van der Waals surface area contributed by atoms with E-state index in [0.29, 0.717) is 23.5 Å². The highest BCUT2D eigenvalue weighted by Crippen LogP contribution is 2.49. The predicted molar refractivity (Wildman–Crippen MR) is 162 cm³/mol. The summed E-state index contributed by atoms with van der Waals surface area (Å²) in [6.07, 6.45) is 2.80. The number of carbonyl (C=O) groups excluding carboxylic acids is 3. The first-order valence-electron chi connectivity index (χ1n) is 14.6. The van der Waals surface area contributed by atoms with E-state index in [1.165, 1.54) is 11.3 Å². The van der Waals surface area contributed by atoms with Crippen LogP contribution in [0.15, 0.2) is 60.7 Å². The van der Waals surface area contributed by atoms with Crippen molar-refractivity contribution in [2.45, 2.75) is 70.8 Å². The maximum absolute atomic E-state index is 13.3. The molecule has 2 aromatic carbocycles. The first kappa shape index (κ1) is 29.4. The van der Waals surface area contributed by atoms with Crippen molar-refractivity contribution in [3.05, 3.63) is 88.7 Å². The van der Waals surface area contributed by atoms with Crippen LogP contribution in [0, 0.1) is 0 Å². The third-order valence-electron chi connectivity index (χ3n) is 8.10. The van der Waals surface area contributed by atoms with Crippen LogP contribution in [0.2, 0.25) is 0 Å². The summed E-state index contributed by atoms with van der Waals surface area (Å²) in [5, 5.41) is 5.79. The lowest BCUT2D eigenvalue weighted by Gasteiger charge is -2.53. The fraction of sp³-hybridized carbons (Fsp3) is 0.424. The standard InChI is InChI=1S/C33H41N5O4/c1-32(2,3)42-31(41)35-26-13-9-23(10-14-26)21-34-29(39)27-15-16-28-33(17-6-18-33)37(19-20-38(27)28)22-24-7-11-25(12-8-24)30(40)36(4)5/h7-16H,6,17-22H2,1-5H3,(H,34,39)(H,35,41). The van der Waals surface area contributed by atoms with Crippen molar-refractivity contribution in [2.75, 3.05) is 26.0 Å². The number of ether oxygens (including phenoxy) is 1. The molecule has 0 atom stereocenters. The molecule has 1 aromatic heterocycles. The van der Waals surface area contributed by atoms with Crippen molar-refractivity contribution >= 4 is 23.6 Å². The number of hydrogen-bond acceptors (Lipinski definition) is 5. The number of rotatable bonds is 7. The molecule has 2 N–H and O–H groups in total. The highest BCUT2D eigenvalue weighted by atomic mass is 16.6. The highest BCUT2D eigenvalue weighted by Gasteiger charge is 2.48. The van der Waals surface area contributed by atoms with Crippen molar-refractivity contribution in [3.63, 3.8) is 0 Å². The van der Waals surface area contributed by atoms with Crippen molar-refractivity contribution in [1.82, 2.24) is 19.7 Å². The summed E-state index contributed by atoms with van der Waals surface area (Å²) in [5.74, 6) is -0.0906. The van der Waals surface area contributed by atoms with Gasteiger partial charge in [0.25, 0.3) is 11.8 Å². The molecule has 0 radical (unpaired) electrons. The normalized spacial score (nSPS) is 15.8. The fourth-order valence-electron chi connectivity index (χ4n) is 5.86. The number of hydrogen-bond donors (Lipinski definition) is 2. The Hall–Kier alpha value is -4.11. The van der Waals surface area contributed by atoms with E-state index in [-0.39, 0.29) is 17.4 Å². The maximum Gasteiger partial charge on any atom is 0.412 e. The number of nitrogens with one attached hydrogen (secondary N) is 2. The number of amides is 3. The molecule has 1 aliphatic carbocycles. The van der Waals surface area contributed by atoms with Gasteiger partial charge in [-0.05, 0) is 87.6 Å². The molecular weight excluding hydrogens is 530 g/mol. The summed E-state index contributed by atoms with van der Waals surface area (Å²) in [4.78, 5) is 41.7. The highest BCUT2D eigenvalue weighted by molar-refractivity contribution is 5.94. The smallest absolute Gasteiger partial charge is 0.412 e. The minimum atomic E-state index is -0.566. The molecule has 2 aliphatic rings. The van der Waals surface area contributed by atoms with Gasteiger partial charge in [-0.3, -0.25) is 19.8 Å². The molecule has 2 heterocycles. The van der Waals surface area contributed by atoms with E-state index in [0.717, 1.165) is 44.5 Å². The van der Waals surface area contributed by atoms with Crippen LogP contribution in [0.25, 0.3) is 0 Å². The van der Waals surface area contributed by atoms with Gasteiger partial charge in [-0.2, -0.15) is 0 Å². The van der Waals surface area contributed by atoms with Crippen molar-refractivity contribution in [1.29, 1.82) is 0 Å². The lowest BCUT2D eigenvalue weighted by atomic mass is 9.71. The number of fused-ring (bicyclic) bond motifs is 2. The van der Waals surface area contributed by atoms with Crippen LogP contribution in [0.3, 0.4) is 0 Å². The molecule has 3 aromatic rings. The zero-order valence-electron chi connectivity index (χ0n) is 25.2. The van der Waals surface area contributed by atoms with E-state index >= 15 is 0 Å². The Kier molecular flexibility index (Phi) is 8.14. The molecule has 9 nitrogen and oxygen atoms in total. The van der Waals surface area contributed by atoms with Gasteiger partial charge in [0.2, 0.25) is 0 Å². The summed E-state index contributed by atoms with van der Waals surface area (Å²) in [7, 11) is 3.53. The summed E-state index contributed by atoms with van der Waals surface area (Å²) in [5.41, 5.74) is 4.71. The van der Waals surface area contributed by atoms with E-state index in [4.69, 9.17) is 4.74 Å². The minimum Gasteiger partial charge on any atom is -0.444 e. The van der Waals surface area contributed by atoms with E-state index in [1.807, 2.05) is 51.1 Å². The number of benzene rings is 2. The number of nitrogens with zero attached hydrogens (tertiary/aromatic N) is 3. The molecule has 222 valence electrons. The fourth-order valence-corrected chi connectivity index (χ4v) is 5.86. The Labute approximate surface area is 247 Å². The summed E-state index contributed by atoms with van der Waals surface area (Å²) in [6, 6.07) is 19.3. The molecule has 5 rings (SSSR count). The van der Waals surface area contributed by atoms with Crippen LogP contribution in [0.5, 0.6) is 0 Å². The van der Waals surface area contributed by atoms with Crippen molar-refractivity contribution < 1.29 is 19.1 Å². The van der Waals surface area contributed by atoms with Crippen molar-refractivity contribution in [3.8, 4) is 0 Å². The zero-order chi connectivity index (χ0) is 30.1. The quantitative estimate of drug-likeness (QED) is 0.398. The lowest BCUT2D eigenvalue weighted by molar-refractivity contribution is -0.0217. The van der Waals surface area contributed by atoms with Gasteiger partial charge in [0.1, 0.15) is 11.3 Å². The van der Waals surface area contributed by atoms with Gasteiger partial charge in [-0.25, -0.2) is 4.79 Å². The van der Waals surface area contributed by atoms with E-state index < -0.39 is 11.7 Å². The molecule has 1 fully saturated rings. The third-order valence-corrected chi connectivity index (χ3v) is 8.10. The average Bonchev–Trinajstić information content (AvgIpc) is 3.35. The second kappa shape index (κ2) is 11.6. The van der Waals surface area contributed by atoms with Gasteiger partial charge >= 0.3 is 6.09 Å². The van der Waals surface area contributed by atoms with E-state index in [1.54, 1.807) is 31.1 Å². The van der Waals surface area contributed by atoms with Crippen LogP contribution < -0.4 is 10.6 Å². The van der Waals surface area contributed by atoms with Crippen molar-refractivity contribution in [2.24, 2.45) is 0 Å². The molecular formula is C33H41N5O4. The van der Waals surface area contributed by atoms with Gasteiger partial charge in [0, 0.05) is 57.2 Å². The Balaban J connectivity index is 1.21. The van der Waals surface area contributed by atoms with Gasteiger partial charge in [0.15, 0.2) is 0 Å². The summed E-state index contributed by atoms with van der Waals surface area (Å²) < 4.78 is 7.49. The predicted octanol–water partition coefficient (Wildman–Crippen LogP) is 5.36.